The number of ether oxygens (including phenoxy) is 1. The lowest BCUT2D eigenvalue weighted by atomic mass is 9.89. The van der Waals surface area contributed by atoms with Crippen LogP contribution in [0, 0.1) is 0 Å². The van der Waals surface area contributed by atoms with Crippen molar-refractivity contribution in [3.8, 4) is 5.75 Å². The summed E-state index contributed by atoms with van der Waals surface area (Å²) in [6.45, 7) is 2.02. The van der Waals surface area contributed by atoms with Crippen molar-refractivity contribution in [1.29, 1.82) is 0 Å². The quantitative estimate of drug-likeness (QED) is 0.695. The highest BCUT2D eigenvalue weighted by atomic mass is 16.5. The smallest absolute Gasteiger partial charge is 0.290 e. The number of aromatic amines is 1. The Bertz CT molecular complexity index is 1080. The van der Waals surface area contributed by atoms with Crippen LogP contribution < -0.4 is 4.74 Å². The van der Waals surface area contributed by atoms with Crippen molar-refractivity contribution in [2.24, 2.45) is 0 Å². The lowest BCUT2D eigenvalue weighted by Gasteiger charge is -2.35. The molecule has 2 aliphatic heterocycles. The summed E-state index contributed by atoms with van der Waals surface area (Å²) in [6.07, 6.45) is 6.96. The second-order valence-corrected chi connectivity index (χ2v) is 8.39. The van der Waals surface area contributed by atoms with Crippen molar-refractivity contribution in [2.45, 2.75) is 37.6 Å². The van der Waals surface area contributed by atoms with Crippen molar-refractivity contribution in [1.82, 2.24) is 14.8 Å². The van der Waals surface area contributed by atoms with Crippen molar-refractivity contribution < 1.29 is 18.7 Å². The maximum Gasteiger partial charge on any atom is 0.290 e. The SMILES string of the molecule is COc1ccc2[nH]cc(C3CCN(C(=O)C4CCCN4C(=O)c4ccco4)CC3)c2c1. The Hall–Kier alpha value is -3.22. The summed E-state index contributed by atoms with van der Waals surface area (Å²) in [5.74, 6) is 1.42. The number of fused-ring (bicyclic) bond motifs is 1. The third-order valence-electron chi connectivity index (χ3n) is 6.70. The fourth-order valence-electron chi connectivity index (χ4n) is 5.02. The van der Waals surface area contributed by atoms with E-state index in [1.807, 2.05) is 17.0 Å². The fraction of sp³-hybridized carbons (Fsp3) is 0.417. The highest BCUT2D eigenvalue weighted by Crippen LogP contribution is 2.35. The van der Waals surface area contributed by atoms with Gasteiger partial charge in [0.25, 0.3) is 5.91 Å². The summed E-state index contributed by atoms with van der Waals surface area (Å²) in [7, 11) is 1.68. The number of hydrogen-bond acceptors (Lipinski definition) is 4. The third-order valence-corrected chi connectivity index (χ3v) is 6.70. The van der Waals surface area contributed by atoms with Crippen LogP contribution in [0.25, 0.3) is 10.9 Å². The molecule has 162 valence electrons. The molecule has 2 amide bonds. The number of aromatic nitrogens is 1. The highest BCUT2D eigenvalue weighted by Gasteiger charge is 2.38. The van der Waals surface area contributed by atoms with E-state index >= 15 is 0 Å². The van der Waals surface area contributed by atoms with Crippen LogP contribution in [0.3, 0.4) is 0 Å². The standard InChI is InChI=1S/C24H27N3O4/c1-30-17-6-7-20-18(14-17)19(15-25-20)16-8-11-26(12-9-16)23(28)21-4-2-10-27(21)24(29)22-5-3-13-31-22/h3,5-7,13-16,21,25H,2,4,8-12H2,1H3. The number of methoxy groups -OCH3 is 1. The van der Waals surface area contributed by atoms with Gasteiger partial charge in [-0.15, -0.1) is 0 Å². The first-order chi connectivity index (χ1) is 15.2. The molecule has 2 aliphatic rings. The maximum atomic E-state index is 13.3. The number of H-pyrrole nitrogens is 1. The molecule has 0 bridgehead atoms. The average molecular weight is 421 g/mol. The molecule has 4 heterocycles. The van der Waals surface area contributed by atoms with Gasteiger partial charge in [0, 0.05) is 36.7 Å². The predicted octanol–water partition coefficient (Wildman–Crippen LogP) is 3.78. The highest BCUT2D eigenvalue weighted by molar-refractivity contribution is 5.96. The van der Waals surface area contributed by atoms with Gasteiger partial charge in [0.2, 0.25) is 5.91 Å². The van der Waals surface area contributed by atoms with Crippen molar-refractivity contribution in [3.63, 3.8) is 0 Å². The van der Waals surface area contributed by atoms with Crippen LogP contribution in [0.1, 0.15) is 47.7 Å². The molecule has 0 aliphatic carbocycles. The zero-order chi connectivity index (χ0) is 21.4. The number of rotatable bonds is 4. The molecule has 7 nitrogen and oxygen atoms in total. The average Bonchev–Trinajstić information content (AvgIpc) is 3.58. The molecule has 0 radical (unpaired) electrons. The first kappa shape index (κ1) is 19.7. The van der Waals surface area contributed by atoms with E-state index in [0.29, 0.717) is 37.7 Å². The molecular weight excluding hydrogens is 394 g/mol. The molecule has 2 saturated heterocycles. The monoisotopic (exact) mass is 421 g/mol. The van der Waals surface area contributed by atoms with E-state index in [1.165, 1.54) is 17.2 Å². The molecule has 3 aromatic rings. The number of likely N-dealkylation sites (tertiary alicyclic amines) is 2. The van der Waals surface area contributed by atoms with Crippen molar-refractivity contribution in [3.05, 3.63) is 54.1 Å². The molecule has 0 spiro atoms. The van der Waals surface area contributed by atoms with Crippen LogP contribution in [0.4, 0.5) is 0 Å². The zero-order valence-corrected chi connectivity index (χ0v) is 17.7. The van der Waals surface area contributed by atoms with Gasteiger partial charge in [-0.3, -0.25) is 9.59 Å². The van der Waals surface area contributed by atoms with Gasteiger partial charge in [-0.1, -0.05) is 0 Å². The summed E-state index contributed by atoms with van der Waals surface area (Å²) in [4.78, 5) is 33.0. The lowest BCUT2D eigenvalue weighted by Crippen LogP contribution is -2.49. The number of furan rings is 1. The van der Waals surface area contributed by atoms with Gasteiger partial charge < -0.3 is 23.9 Å². The Morgan fingerprint density at radius 3 is 2.71 bits per heavy atom. The minimum atomic E-state index is -0.383. The fourth-order valence-corrected chi connectivity index (χ4v) is 5.02. The van der Waals surface area contributed by atoms with Gasteiger partial charge in [0.15, 0.2) is 5.76 Å². The molecular formula is C24H27N3O4. The summed E-state index contributed by atoms with van der Waals surface area (Å²) < 4.78 is 10.7. The number of benzene rings is 1. The molecule has 1 aromatic carbocycles. The second-order valence-electron chi connectivity index (χ2n) is 8.39. The molecule has 1 N–H and O–H groups in total. The number of amides is 2. The Labute approximate surface area is 180 Å². The zero-order valence-electron chi connectivity index (χ0n) is 17.7. The lowest BCUT2D eigenvalue weighted by molar-refractivity contribution is -0.136. The van der Waals surface area contributed by atoms with Crippen LogP contribution in [0.5, 0.6) is 5.75 Å². The molecule has 1 unspecified atom stereocenters. The van der Waals surface area contributed by atoms with E-state index in [0.717, 1.165) is 30.5 Å². The van der Waals surface area contributed by atoms with Gasteiger partial charge in [0.05, 0.1) is 13.4 Å². The van der Waals surface area contributed by atoms with Gasteiger partial charge in [-0.25, -0.2) is 0 Å². The van der Waals surface area contributed by atoms with Crippen LogP contribution >= 0.6 is 0 Å². The topological polar surface area (TPSA) is 78.8 Å². The van der Waals surface area contributed by atoms with Crippen LogP contribution in [0.2, 0.25) is 0 Å². The Kier molecular flexibility index (Phi) is 5.18. The maximum absolute atomic E-state index is 13.3. The second kappa shape index (κ2) is 8.13. The van der Waals surface area contributed by atoms with E-state index in [4.69, 9.17) is 9.15 Å². The number of hydrogen-bond donors (Lipinski definition) is 1. The Morgan fingerprint density at radius 1 is 1.13 bits per heavy atom. The molecule has 5 rings (SSSR count). The van der Waals surface area contributed by atoms with Gasteiger partial charge >= 0.3 is 0 Å². The third kappa shape index (κ3) is 3.58. The first-order valence-electron chi connectivity index (χ1n) is 10.9. The molecule has 7 heteroatoms. The largest absolute Gasteiger partial charge is 0.497 e. The number of piperidine rings is 1. The number of nitrogens with one attached hydrogen (secondary N) is 1. The molecule has 0 saturated carbocycles. The van der Waals surface area contributed by atoms with Crippen LogP contribution in [0.15, 0.2) is 47.2 Å². The van der Waals surface area contributed by atoms with Gasteiger partial charge in [0.1, 0.15) is 11.8 Å². The van der Waals surface area contributed by atoms with Crippen molar-refractivity contribution >= 4 is 22.7 Å². The number of nitrogens with zero attached hydrogens (tertiary/aromatic N) is 2. The Balaban J connectivity index is 1.26. The summed E-state index contributed by atoms with van der Waals surface area (Å²) in [6, 6.07) is 9.05. The minimum Gasteiger partial charge on any atom is -0.497 e. The minimum absolute atomic E-state index is 0.0662. The predicted molar refractivity (Wildman–Crippen MR) is 116 cm³/mol. The summed E-state index contributed by atoms with van der Waals surface area (Å²) in [5.41, 5.74) is 2.39. The molecule has 1 atom stereocenters. The Morgan fingerprint density at radius 2 is 1.97 bits per heavy atom. The number of carbonyl (C=O) groups excluding carboxylic acids is 2. The van der Waals surface area contributed by atoms with Crippen LogP contribution in [-0.2, 0) is 4.79 Å². The first-order valence-corrected chi connectivity index (χ1v) is 10.9. The molecule has 31 heavy (non-hydrogen) atoms. The normalized spacial score (nSPS) is 19.8. The molecule has 2 aromatic heterocycles. The van der Waals surface area contributed by atoms with E-state index in [-0.39, 0.29) is 17.9 Å². The van der Waals surface area contributed by atoms with Crippen molar-refractivity contribution in [2.75, 3.05) is 26.7 Å². The summed E-state index contributed by atoms with van der Waals surface area (Å²) in [5, 5.41) is 1.19. The van der Waals surface area contributed by atoms with E-state index in [1.54, 1.807) is 24.1 Å². The van der Waals surface area contributed by atoms with Gasteiger partial charge in [-0.05, 0) is 67.5 Å². The van der Waals surface area contributed by atoms with E-state index in [9.17, 15) is 9.59 Å². The van der Waals surface area contributed by atoms with Gasteiger partial charge in [-0.2, -0.15) is 0 Å². The van der Waals surface area contributed by atoms with Crippen LogP contribution in [-0.4, -0.2) is 59.4 Å². The number of carbonyl (C=O) groups is 2. The van der Waals surface area contributed by atoms with E-state index < -0.39 is 0 Å². The molecule has 2 fully saturated rings. The summed E-state index contributed by atoms with van der Waals surface area (Å²) >= 11 is 0. The van der Waals surface area contributed by atoms with E-state index in [2.05, 4.69) is 17.2 Å².